The lowest BCUT2D eigenvalue weighted by Crippen LogP contribution is -2.53. The van der Waals surface area contributed by atoms with Crippen molar-refractivity contribution in [1.82, 2.24) is 10.2 Å². The van der Waals surface area contributed by atoms with Gasteiger partial charge in [0.15, 0.2) is 0 Å². The number of carbonyl (C=O) groups is 2. The summed E-state index contributed by atoms with van der Waals surface area (Å²) in [6, 6.07) is -0.188. The molecule has 0 aromatic carbocycles. The quantitative estimate of drug-likeness (QED) is 0.714. The van der Waals surface area contributed by atoms with Crippen molar-refractivity contribution in [2.75, 3.05) is 18.2 Å². The summed E-state index contributed by atoms with van der Waals surface area (Å²) in [5.74, 6) is 0.284. The molecule has 0 spiro atoms. The first kappa shape index (κ1) is 12.6. The summed E-state index contributed by atoms with van der Waals surface area (Å²) in [4.78, 5) is 24.3. The molecule has 1 heterocycles. The van der Waals surface area contributed by atoms with E-state index in [4.69, 9.17) is 11.6 Å². The van der Waals surface area contributed by atoms with E-state index in [0.29, 0.717) is 11.8 Å². The fraction of sp³-hybridized carbons (Fsp3) is 0.778. The topological polar surface area (TPSA) is 49.4 Å². The number of thioether (sulfide) groups is 1. The summed E-state index contributed by atoms with van der Waals surface area (Å²) >= 11 is 7.15. The molecule has 1 saturated heterocycles. The highest BCUT2D eigenvalue weighted by Gasteiger charge is 2.29. The van der Waals surface area contributed by atoms with E-state index >= 15 is 0 Å². The van der Waals surface area contributed by atoms with Gasteiger partial charge in [0.05, 0.1) is 0 Å². The highest BCUT2D eigenvalue weighted by molar-refractivity contribution is 8.00. The number of imide groups is 1. The van der Waals surface area contributed by atoms with E-state index in [1.807, 2.05) is 18.7 Å². The van der Waals surface area contributed by atoms with Gasteiger partial charge in [-0.25, -0.2) is 4.79 Å². The Morgan fingerprint density at radius 2 is 2.20 bits per heavy atom. The Bertz CT molecular complexity index is 262. The molecule has 1 aliphatic rings. The molecule has 15 heavy (non-hydrogen) atoms. The van der Waals surface area contributed by atoms with E-state index in [0.717, 1.165) is 5.75 Å². The van der Waals surface area contributed by atoms with Crippen LogP contribution >= 0.6 is 23.4 Å². The third-order valence-corrected chi connectivity index (χ3v) is 4.09. The normalized spacial score (nSPS) is 26.2. The second kappa shape index (κ2) is 5.61. The van der Waals surface area contributed by atoms with E-state index in [2.05, 4.69) is 12.2 Å². The SMILES string of the molecule is CC1SCCN(C(=O)NC(=O)CCl)C1C. The van der Waals surface area contributed by atoms with Crippen LogP contribution in [0.1, 0.15) is 13.8 Å². The summed E-state index contributed by atoms with van der Waals surface area (Å²) < 4.78 is 0. The Morgan fingerprint density at radius 1 is 1.53 bits per heavy atom. The fourth-order valence-corrected chi connectivity index (χ4v) is 2.61. The first-order valence-electron chi connectivity index (χ1n) is 4.84. The summed E-state index contributed by atoms with van der Waals surface area (Å²) in [7, 11) is 0. The number of rotatable bonds is 1. The van der Waals surface area contributed by atoms with Gasteiger partial charge in [-0.15, -0.1) is 11.6 Å². The Morgan fingerprint density at radius 3 is 2.80 bits per heavy atom. The number of hydrogen-bond acceptors (Lipinski definition) is 3. The van der Waals surface area contributed by atoms with E-state index in [1.54, 1.807) is 4.90 Å². The van der Waals surface area contributed by atoms with Crippen LogP contribution < -0.4 is 5.32 Å². The molecule has 4 nitrogen and oxygen atoms in total. The monoisotopic (exact) mass is 250 g/mol. The predicted octanol–water partition coefficient (Wildman–Crippen LogP) is 1.29. The second-order valence-corrected chi connectivity index (χ2v) is 5.25. The Kier molecular flexibility index (Phi) is 4.73. The van der Waals surface area contributed by atoms with Crippen LogP contribution in [0.4, 0.5) is 4.79 Å². The first-order valence-corrected chi connectivity index (χ1v) is 6.42. The minimum absolute atomic E-state index is 0.145. The summed E-state index contributed by atoms with van der Waals surface area (Å²) in [5.41, 5.74) is 0. The number of hydrogen-bond donors (Lipinski definition) is 1. The molecule has 3 amide bonds. The molecule has 86 valence electrons. The van der Waals surface area contributed by atoms with Gasteiger partial charge < -0.3 is 4.90 Å². The molecule has 0 bridgehead atoms. The molecule has 2 atom stereocenters. The molecule has 1 fully saturated rings. The lowest BCUT2D eigenvalue weighted by molar-refractivity contribution is -0.117. The molecule has 0 aliphatic carbocycles. The van der Waals surface area contributed by atoms with Gasteiger partial charge in [-0.1, -0.05) is 6.92 Å². The van der Waals surface area contributed by atoms with Gasteiger partial charge in [-0.3, -0.25) is 10.1 Å². The van der Waals surface area contributed by atoms with Crippen molar-refractivity contribution in [3.05, 3.63) is 0 Å². The lowest BCUT2D eigenvalue weighted by Gasteiger charge is -2.37. The van der Waals surface area contributed by atoms with Crippen LogP contribution in [0.3, 0.4) is 0 Å². The lowest BCUT2D eigenvalue weighted by atomic mass is 10.2. The third kappa shape index (κ3) is 3.28. The van der Waals surface area contributed by atoms with Crippen LogP contribution in [0.25, 0.3) is 0 Å². The molecule has 1 aliphatic heterocycles. The summed E-state index contributed by atoms with van der Waals surface area (Å²) in [6.07, 6.45) is 0. The van der Waals surface area contributed by atoms with Crippen LogP contribution in [0.15, 0.2) is 0 Å². The molecule has 0 aromatic rings. The fourth-order valence-electron chi connectivity index (χ4n) is 1.44. The zero-order valence-corrected chi connectivity index (χ0v) is 10.4. The average molecular weight is 251 g/mol. The largest absolute Gasteiger partial charge is 0.324 e. The van der Waals surface area contributed by atoms with Crippen molar-refractivity contribution in [2.45, 2.75) is 25.1 Å². The number of nitrogens with zero attached hydrogens (tertiary/aromatic N) is 1. The highest BCUT2D eigenvalue weighted by atomic mass is 35.5. The number of carbonyl (C=O) groups excluding carboxylic acids is 2. The van der Waals surface area contributed by atoms with Gasteiger partial charge in [0.1, 0.15) is 5.88 Å². The van der Waals surface area contributed by atoms with Gasteiger partial charge in [0.25, 0.3) is 0 Å². The molecule has 2 unspecified atom stereocenters. The van der Waals surface area contributed by atoms with E-state index in [-0.39, 0.29) is 18.0 Å². The molecule has 0 radical (unpaired) electrons. The first-order chi connectivity index (χ1) is 7.06. The van der Waals surface area contributed by atoms with Crippen LogP contribution in [-0.2, 0) is 4.79 Å². The number of urea groups is 1. The smallest absolute Gasteiger partial charge is 0.320 e. The van der Waals surface area contributed by atoms with Gasteiger partial charge >= 0.3 is 6.03 Å². The maximum absolute atomic E-state index is 11.6. The van der Waals surface area contributed by atoms with Crippen molar-refractivity contribution in [2.24, 2.45) is 0 Å². The van der Waals surface area contributed by atoms with Crippen LogP contribution in [-0.4, -0.2) is 46.3 Å². The molecule has 1 rings (SSSR count). The molecule has 6 heteroatoms. The van der Waals surface area contributed by atoms with Crippen LogP contribution in [0, 0.1) is 0 Å². The number of nitrogens with one attached hydrogen (secondary N) is 1. The molecular weight excluding hydrogens is 236 g/mol. The molecular formula is C9H15ClN2O2S. The van der Waals surface area contributed by atoms with Crippen molar-refractivity contribution >= 4 is 35.3 Å². The minimum atomic E-state index is -0.445. The third-order valence-electron chi connectivity index (χ3n) is 2.51. The zero-order chi connectivity index (χ0) is 11.4. The summed E-state index contributed by atoms with van der Waals surface area (Å²) in [6.45, 7) is 4.75. The Hall–Kier alpha value is -0.420. The Balaban J connectivity index is 2.54. The van der Waals surface area contributed by atoms with E-state index < -0.39 is 5.91 Å². The van der Waals surface area contributed by atoms with Gasteiger partial charge in [-0.05, 0) is 6.92 Å². The number of amides is 3. The molecule has 1 N–H and O–H groups in total. The summed E-state index contributed by atoms with van der Waals surface area (Å²) in [5, 5.41) is 2.66. The maximum atomic E-state index is 11.6. The van der Waals surface area contributed by atoms with Crippen LogP contribution in [0.5, 0.6) is 0 Å². The van der Waals surface area contributed by atoms with Crippen molar-refractivity contribution < 1.29 is 9.59 Å². The number of halogens is 1. The number of alkyl halides is 1. The van der Waals surface area contributed by atoms with E-state index in [1.165, 1.54) is 0 Å². The van der Waals surface area contributed by atoms with Gasteiger partial charge in [-0.2, -0.15) is 11.8 Å². The van der Waals surface area contributed by atoms with Crippen LogP contribution in [0.2, 0.25) is 0 Å². The van der Waals surface area contributed by atoms with Gasteiger partial charge in [0, 0.05) is 23.6 Å². The van der Waals surface area contributed by atoms with Crippen molar-refractivity contribution in [3.63, 3.8) is 0 Å². The zero-order valence-electron chi connectivity index (χ0n) is 8.83. The second-order valence-electron chi connectivity index (χ2n) is 3.50. The van der Waals surface area contributed by atoms with Crippen molar-refractivity contribution in [3.8, 4) is 0 Å². The molecule has 0 saturated carbocycles. The van der Waals surface area contributed by atoms with Gasteiger partial charge in [0.2, 0.25) is 5.91 Å². The predicted molar refractivity (Wildman–Crippen MR) is 62.3 cm³/mol. The maximum Gasteiger partial charge on any atom is 0.324 e. The average Bonchev–Trinajstić information content (AvgIpc) is 2.21. The Labute approximate surface area is 98.7 Å². The minimum Gasteiger partial charge on any atom is -0.320 e. The van der Waals surface area contributed by atoms with Crippen molar-refractivity contribution in [1.29, 1.82) is 0 Å². The molecule has 0 aromatic heterocycles. The van der Waals surface area contributed by atoms with E-state index in [9.17, 15) is 9.59 Å². The standard InChI is InChI=1S/C9H15ClN2O2S/c1-6-7(2)15-4-3-12(6)9(14)11-8(13)5-10/h6-7H,3-5H2,1-2H3,(H,11,13,14). The highest BCUT2D eigenvalue weighted by Crippen LogP contribution is 2.23.